The van der Waals surface area contributed by atoms with Crippen molar-refractivity contribution in [1.82, 2.24) is 4.98 Å². The summed E-state index contributed by atoms with van der Waals surface area (Å²) >= 11 is 0. The van der Waals surface area contributed by atoms with Crippen molar-refractivity contribution in [2.45, 2.75) is 13.2 Å². The number of nitriles is 1. The van der Waals surface area contributed by atoms with E-state index in [0.717, 1.165) is 16.5 Å². The van der Waals surface area contributed by atoms with Gasteiger partial charge < -0.3 is 4.74 Å². The first-order valence-electron chi connectivity index (χ1n) is 6.76. The third-order valence-corrected chi connectivity index (χ3v) is 3.25. The van der Waals surface area contributed by atoms with E-state index in [1.54, 1.807) is 6.07 Å². The molecule has 0 unspecified atom stereocenters. The molecule has 3 rings (SSSR count). The Hall–Kier alpha value is -2.70. The molecule has 1 heterocycles. The molecule has 0 atom stereocenters. The third-order valence-electron chi connectivity index (χ3n) is 3.25. The van der Waals surface area contributed by atoms with Crippen molar-refractivity contribution >= 4 is 10.9 Å². The van der Waals surface area contributed by atoms with Crippen LogP contribution >= 0.6 is 0 Å². The lowest BCUT2D eigenvalue weighted by Gasteiger charge is -2.06. The Bertz CT molecular complexity index is 791. The monoisotopic (exact) mass is 274 g/mol. The average molecular weight is 274 g/mol. The van der Waals surface area contributed by atoms with Crippen molar-refractivity contribution in [3.8, 4) is 6.07 Å². The zero-order valence-corrected chi connectivity index (χ0v) is 11.5. The Morgan fingerprint density at radius 2 is 1.71 bits per heavy atom. The van der Waals surface area contributed by atoms with E-state index in [4.69, 9.17) is 10.00 Å². The van der Waals surface area contributed by atoms with Crippen molar-refractivity contribution in [2.75, 3.05) is 0 Å². The molecule has 3 nitrogen and oxygen atoms in total. The van der Waals surface area contributed by atoms with E-state index in [1.807, 2.05) is 48.5 Å². The van der Waals surface area contributed by atoms with E-state index in [9.17, 15) is 0 Å². The Kier molecular flexibility index (Phi) is 3.90. The van der Waals surface area contributed by atoms with Crippen molar-refractivity contribution < 1.29 is 4.74 Å². The van der Waals surface area contributed by atoms with Crippen molar-refractivity contribution in [3.05, 3.63) is 77.5 Å². The highest BCUT2D eigenvalue weighted by molar-refractivity contribution is 5.79. The smallest absolute Gasteiger partial charge is 0.141 e. The van der Waals surface area contributed by atoms with Gasteiger partial charge >= 0.3 is 0 Å². The minimum absolute atomic E-state index is 0.440. The topological polar surface area (TPSA) is 45.9 Å². The second kappa shape index (κ2) is 6.17. The molecule has 0 aliphatic rings. The fraction of sp³-hybridized carbons (Fsp3) is 0.111. The van der Waals surface area contributed by atoms with E-state index in [-0.39, 0.29) is 0 Å². The van der Waals surface area contributed by atoms with E-state index in [0.29, 0.717) is 18.9 Å². The first-order chi connectivity index (χ1) is 10.3. The van der Waals surface area contributed by atoms with Gasteiger partial charge in [-0.05, 0) is 35.4 Å². The SMILES string of the molecule is N#Cc1ccc2cc(COCc3ccccc3)ccc2n1. The molecule has 0 saturated heterocycles. The summed E-state index contributed by atoms with van der Waals surface area (Å²) in [5.74, 6) is 0. The number of hydrogen-bond donors (Lipinski definition) is 0. The average Bonchev–Trinajstić information content (AvgIpc) is 2.55. The molecule has 102 valence electrons. The third kappa shape index (κ3) is 3.25. The van der Waals surface area contributed by atoms with Crippen LogP contribution in [0, 0.1) is 11.3 Å². The molecule has 0 aliphatic heterocycles. The number of hydrogen-bond acceptors (Lipinski definition) is 3. The fourth-order valence-electron chi connectivity index (χ4n) is 2.19. The van der Waals surface area contributed by atoms with Gasteiger partial charge in [0.1, 0.15) is 11.8 Å². The van der Waals surface area contributed by atoms with Gasteiger partial charge in [0.15, 0.2) is 0 Å². The molecule has 0 fully saturated rings. The summed E-state index contributed by atoms with van der Waals surface area (Å²) in [6, 6.07) is 21.8. The van der Waals surface area contributed by atoms with Gasteiger partial charge in [0.05, 0.1) is 18.7 Å². The normalized spacial score (nSPS) is 10.4. The van der Waals surface area contributed by atoms with Crippen LogP contribution in [0.1, 0.15) is 16.8 Å². The van der Waals surface area contributed by atoms with E-state index < -0.39 is 0 Å². The summed E-state index contributed by atoms with van der Waals surface area (Å²) in [6.07, 6.45) is 0. The van der Waals surface area contributed by atoms with Crippen molar-refractivity contribution in [2.24, 2.45) is 0 Å². The summed E-state index contributed by atoms with van der Waals surface area (Å²) < 4.78 is 5.73. The van der Waals surface area contributed by atoms with Crippen LogP contribution in [0.2, 0.25) is 0 Å². The van der Waals surface area contributed by atoms with Gasteiger partial charge in [-0.15, -0.1) is 0 Å². The second-order valence-electron chi connectivity index (χ2n) is 4.81. The van der Waals surface area contributed by atoms with Crippen LogP contribution in [0.15, 0.2) is 60.7 Å². The van der Waals surface area contributed by atoms with Gasteiger partial charge in [0, 0.05) is 5.39 Å². The molecular formula is C18H14N2O. The van der Waals surface area contributed by atoms with Crippen LogP contribution in [0.3, 0.4) is 0 Å². The lowest BCUT2D eigenvalue weighted by molar-refractivity contribution is 0.107. The summed E-state index contributed by atoms with van der Waals surface area (Å²) in [4.78, 5) is 4.26. The van der Waals surface area contributed by atoms with Crippen LogP contribution in [-0.2, 0) is 18.0 Å². The quantitative estimate of drug-likeness (QED) is 0.726. The predicted octanol–water partition coefficient (Wildman–Crippen LogP) is 3.82. The summed E-state index contributed by atoms with van der Waals surface area (Å²) in [5.41, 5.74) is 3.54. The van der Waals surface area contributed by atoms with Crippen LogP contribution in [0.4, 0.5) is 0 Å². The number of nitrogens with zero attached hydrogens (tertiary/aromatic N) is 2. The predicted molar refractivity (Wildman–Crippen MR) is 81.4 cm³/mol. The van der Waals surface area contributed by atoms with Crippen LogP contribution in [0.5, 0.6) is 0 Å². The number of benzene rings is 2. The number of rotatable bonds is 4. The molecule has 0 spiro atoms. The molecule has 3 aromatic rings. The van der Waals surface area contributed by atoms with Gasteiger partial charge in [0.2, 0.25) is 0 Å². The van der Waals surface area contributed by atoms with E-state index in [2.05, 4.69) is 17.1 Å². The Morgan fingerprint density at radius 3 is 2.52 bits per heavy atom. The first kappa shape index (κ1) is 13.3. The largest absolute Gasteiger partial charge is 0.372 e. The van der Waals surface area contributed by atoms with Crippen molar-refractivity contribution in [3.63, 3.8) is 0 Å². The number of pyridine rings is 1. The summed E-state index contributed by atoms with van der Waals surface area (Å²) in [6.45, 7) is 1.16. The van der Waals surface area contributed by atoms with Crippen LogP contribution < -0.4 is 0 Å². The standard InChI is InChI=1S/C18H14N2O/c19-11-17-8-7-16-10-15(6-9-18(16)20-17)13-21-12-14-4-2-1-3-5-14/h1-10H,12-13H2. The number of ether oxygens (including phenoxy) is 1. The molecule has 0 aliphatic carbocycles. The molecule has 0 amide bonds. The maximum absolute atomic E-state index is 8.84. The zero-order valence-electron chi connectivity index (χ0n) is 11.5. The number of fused-ring (bicyclic) bond motifs is 1. The first-order valence-corrected chi connectivity index (χ1v) is 6.76. The molecule has 1 aromatic heterocycles. The molecule has 0 bridgehead atoms. The fourth-order valence-corrected chi connectivity index (χ4v) is 2.19. The highest BCUT2D eigenvalue weighted by atomic mass is 16.5. The molecule has 3 heteroatoms. The van der Waals surface area contributed by atoms with Gasteiger partial charge in [-0.1, -0.05) is 36.4 Å². The Morgan fingerprint density at radius 1 is 0.905 bits per heavy atom. The molecule has 2 aromatic carbocycles. The van der Waals surface area contributed by atoms with Gasteiger partial charge in [-0.2, -0.15) is 5.26 Å². The van der Waals surface area contributed by atoms with E-state index in [1.165, 1.54) is 5.56 Å². The van der Waals surface area contributed by atoms with Crippen LogP contribution in [-0.4, -0.2) is 4.98 Å². The Balaban J connectivity index is 1.69. The number of aromatic nitrogens is 1. The minimum Gasteiger partial charge on any atom is -0.372 e. The zero-order chi connectivity index (χ0) is 14.5. The Labute approximate surface area is 123 Å². The second-order valence-corrected chi connectivity index (χ2v) is 4.81. The maximum atomic E-state index is 8.84. The highest BCUT2D eigenvalue weighted by Gasteiger charge is 2.00. The highest BCUT2D eigenvalue weighted by Crippen LogP contribution is 2.16. The van der Waals surface area contributed by atoms with Gasteiger partial charge in [-0.25, -0.2) is 4.98 Å². The molecule has 0 N–H and O–H groups in total. The lowest BCUT2D eigenvalue weighted by atomic mass is 10.1. The molecule has 0 radical (unpaired) electrons. The minimum atomic E-state index is 0.440. The van der Waals surface area contributed by atoms with Gasteiger partial charge in [0.25, 0.3) is 0 Å². The molecular weight excluding hydrogens is 260 g/mol. The van der Waals surface area contributed by atoms with Gasteiger partial charge in [-0.3, -0.25) is 0 Å². The maximum Gasteiger partial charge on any atom is 0.141 e. The van der Waals surface area contributed by atoms with E-state index >= 15 is 0 Å². The summed E-state index contributed by atoms with van der Waals surface area (Å²) in [5, 5.41) is 9.87. The van der Waals surface area contributed by atoms with Crippen LogP contribution in [0.25, 0.3) is 10.9 Å². The molecule has 21 heavy (non-hydrogen) atoms. The lowest BCUT2D eigenvalue weighted by Crippen LogP contribution is -1.94. The molecule has 0 saturated carbocycles. The van der Waals surface area contributed by atoms with Crippen molar-refractivity contribution in [1.29, 1.82) is 5.26 Å². The summed E-state index contributed by atoms with van der Waals surface area (Å²) in [7, 11) is 0.